The number of carbonyl (C=O) groups excluding carboxylic acids is 4. The van der Waals surface area contributed by atoms with Crippen LogP contribution in [0.4, 0.5) is 0 Å². The molecule has 18 nitrogen and oxygen atoms in total. The molecule has 52 heavy (non-hydrogen) atoms. The molecule has 0 aliphatic heterocycles. The Hall–Kier alpha value is -5.91. The van der Waals surface area contributed by atoms with Crippen molar-refractivity contribution in [2.24, 2.45) is 50.0 Å². The van der Waals surface area contributed by atoms with Gasteiger partial charge in [0.05, 0.1) is 6.42 Å². The highest BCUT2D eigenvalue weighted by Crippen LogP contribution is 2.20. The summed E-state index contributed by atoms with van der Waals surface area (Å²) < 4.78 is 0. The molecule has 2 rings (SSSR count). The Morgan fingerprint density at radius 3 is 1.92 bits per heavy atom. The summed E-state index contributed by atoms with van der Waals surface area (Å²) in [6.07, 6.45) is 0.492. The van der Waals surface area contributed by atoms with Crippen molar-refractivity contribution >= 4 is 41.4 Å². The molecule has 0 saturated carbocycles. The lowest BCUT2D eigenvalue weighted by molar-refractivity contribution is -0.136. The fourth-order valence-electron chi connectivity index (χ4n) is 4.84. The quantitative estimate of drug-likeness (QED) is 0.0321. The average molecular weight is 724 g/mol. The number of carbonyl (C=O) groups is 4. The molecule has 0 aromatic heterocycles. The lowest BCUT2D eigenvalue weighted by Crippen LogP contribution is -2.60. The van der Waals surface area contributed by atoms with E-state index in [1.165, 1.54) is 0 Å². The van der Waals surface area contributed by atoms with Gasteiger partial charge in [0.15, 0.2) is 5.96 Å². The number of amidine groups is 1. The maximum atomic E-state index is 13.8. The Morgan fingerprint density at radius 2 is 1.37 bits per heavy atom. The second-order valence-electron chi connectivity index (χ2n) is 13.1. The molecule has 284 valence electrons. The summed E-state index contributed by atoms with van der Waals surface area (Å²) in [5, 5.41) is 22.1. The molecule has 0 bridgehead atoms. The van der Waals surface area contributed by atoms with Gasteiger partial charge in [-0.1, -0.05) is 69.3 Å². The first-order chi connectivity index (χ1) is 24.5. The van der Waals surface area contributed by atoms with Crippen molar-refractivity contribution in [2.75, 3.05) is 13.2 Å². The van der Waals surface area contributed by atoms with Gasteiger partial charge >= 0.3 is 0 Å². The van der Waals surface area contributed by atoms with Gasteiger partial charge in [-0.3, -0.25) is 29.6 Å². The number of nitrogen functional groups attached to an aromatic ring is 1. The van der Waals surface area contributed by atoms with Crippen molar-refractivity contribution in [3.05, 3.63) is 70.8 Å². The third-order valence-electron chi connectivity index (χ3n) is 7.67. The SMILES string of the molecule is CC(C)(C)[C@H](NC(=O)[C@H](CCCN=C(N)N)NC(=O)Cc1ccc(CN)cc1)C(=O)N[C@@H](CCON=C(N)N)C(=O)NCc1ccc(C(=N)N)cc1. The topological polar surface area (TPSA) is 330 Å². The van der Waals surface area contributed by atoms with E-state index in [0.717, 1.165) is 16.7 Å². The number of nitrogens with two attached hydrogens (primary N) is 6. The molecule has 0 saturated heterocycles. The van der Waals surface area contributed by atoms with Gasteiger partial charge < -0.3 is 60.5 Å². The van der Waals surface area contributed by atoms with E-state index < -0.39 is 47.2 Å². The minimum absolute atomic E-state index is 0.00526. The van der Waals surface area contributed by atoms with Gasteiger partial charge in [-0.05, 0) is 40.1 Å². The van der Waals surface area contributed by atoms with E-state index in [9.17, 15) is 19.2 Å². The molecule has 0 radical (unpaired) electrons. The predicted octanol–water partition coefficient (Wildman–Crippen LogP) is -1.56. The number of hydrogen-bond acceptors (Lipinski definition) is 9. The van der Waals surface area contributed by atoms with Crippen molar-refractivity contribution in [1.29, 1.82) is 5.41 Å². The number of amides is 4. The highest BCUT2D eigenvalue weighted by molar-refractivity contribution is 5.95. The molecule has 18 heteroatoms. The van der Waals surface area contributed by atoms with Crippen LogP contribution >= 0.6 is 0 Å². The van der Waals surface area contributed by atoms with Crippen LogP contribution in [0.25, 0.3) is 0 Å². The van der Waals surface area contributed by atoms with Crippen molar-refractivity contribution in [1.82, 2.24) is 21.3 Å². The first-order valence-electron chi connectivity index (χ1n) is 16.7. The summed E-state index contributed by atoms with van der Waals surface area (Å²) in [4.78, 5) is 63.1. The lowest BCUT2D eigenvalue weighted by Gasteiger charge is -2.33. The van der Waals surface area contributed by atoms with Gasteiger partial charge in [0.2, 0.25) is 29.6 Å². The molecular weight excluding hydrogens is 670 g/mol. The van der Waals surface area contributed by atoms with Crippen LogP contribution in [0, 0.1) is 10.8 Å². The monoisotopic (exact) mass is 723 g/mol. The first-order valence-corrected chi connectivity index (χ1v) is 16.7. The van der Waals surface area contributed by atoms with Crippen LogP contribution in [0.5, 0.6) is 0 Å². The molecule has 4 amide bonds. The Bertz CT molecular complexity index is 1560. The van der Waals surface area contributed by atoms with Crippen molar-refractivity contribution in [2.45, 2.75) is 77.7 Å². The Kier molecular flexibility index (Phi) is 16.8. The minimum Gasteiger partial charge on any atom is -0.393 e. The first kappa shape index (κ1) is 42.3. The molecule has 3 atom stereocenters. The van der Waals surface area contributed by atoms with E-state index >= 15 is 0 Å². The van der Waals surface area contributed by atoms with E-state index in [4.69, 9.17) is 44.6 Å². The van der Waals surface area contributed by atoms with Gasteiger partial charge in [-0.2, -0.15) is 0 Å². The molecule has 2 aromatic rings. The summed E-state index contributed by atoms with van der Waals surface area (Å²) in [6.45, 7) is 5.79. The number of aliphatic imine (C=N–C) groups is 1. The molecule has 0 spiro atoms. The number of guanidine groups is 2. The lowest BCUT2D eigenvalue weighted by atomic mass is 9.85. The normalized spacial score (nSPS) is 12.6. The van der Waals surface area contributed by atoms with Crippen LogP contribution < -0.4 is 55.7 Å². The minimum atomic E-state index is -1.14. The van der Waals surface area contributed by atoms with Gasteiger partial charge in [0, 0.05) is 31.6 Å². The molecule has 2 aromatic carbocycles. The molecule has 0 unspecified atom stereocenters. The van der Waals surface area contributed by atoms with E-state index in [-0.39, 0.29) is 56.7 Å². The second kappa shape index (κ2) is 20.7. The summed E-state index contributed by atoms with van der Waals surface area (Å²) in [6, 6.07) is 10.6. The smallest absolute Gasteiger partial charge is 0.243 e. The van der Waals surface area contributed by atoms with E-state index in [2.05, 4.69) is 31.4 Å². The van der Waals surface area contributed by atoms with Crippen LogP contribution in [0.15, 0.2) is 58.7 Å². The van der Waals surface area contributed by atoms with Crippen molar-refractivity contribution in [3.63, 3.8) is 0 Å². The van der Waals surface area contributed by atoms with E-state index in [1.807, 2.05) is 12.1 Å². The largest absolute Gasteiger partial charge is 0.393 e. The van der Waals surface area contributed by atoms with Crippen LogP contribution in [-0.2, 0) is 43.5 Å². The molecule has 0 aliphatic carbocycles. The maximum Gasteiger partial charge on any atom is 0.243 e. The van der Waals surface area contributed by atoms with Crippen LogP contribution in [0.3, 0.4) is 0 Å². The molecule has 0 heterocycles. The van der Waals surface area contributed by atoms with Crippen molar-refractivity contribution < 1.29 is 24.0 Å². The standard InChI is InChI=1S/C34H53N13O5/c1-34(2,3)27(46-30(50)24(5-4-15-42-32(38)39)44-26(48)17-20-6-8-21(18-35)9-7-20)31(51)45-25(14-16-52-47-33(40)41)29(49)43-19-22-10-12-23(13-11-22)28(36)37/h6-13,24-25,27H,4-5,14-19,35H2,1-3H3,(H3,36,37)(H,43,49)(H,44,48)(H,45,51)(H,46,50)(H4,38,39,42)(H4,40,41,47)/t24-,25-,27+/m0/s1. The highest BCUT2D eigenvalue weighted by atomic mass is 16.6. The molecule has 17 N–H and O–H groups in total. The van der Waals surface area contributed by atoms with Crippen molar-refractivity contribution in [3.8, 4) is 0 Å². The molecule has 0 aliphatic rings. The van der Waals surface area contributed by atoms with Gasteiger partial charge in [-0.15, -0.1) is 0 Å². The highest BCUT2D eigenvalue weighted by Gasteiger charge is 2.36. The summed E-state index contributed by atoms with van der Waals surface area (Å²) >= 11 is 0. The zero-order valence-corrected chi connectivity index (χ0v) is 29.9. The average Bonchev–Trinajstić information content (AvgIpc) is 3.08. The van der Waals surface area contributed by atoms with Crippen LogP contribution in [0.1, 0.15) is 62.3 Å². The molecule has 0 fully saturated rings. The summed E-state index contributed by atoms with van der Waals surface area (Å²) in [7, 11) is 0. The van der Waals surface area contributed by atoms with Gasteiger partial charge in [0.25, 0.3) is 0 Å². The predicted molar refractivity (Wildman–Crippen MR) is 199 cm³/mol. The van der Waals surface area contributed by atoms with Crippen LogP contribution in [0.2, 0.25) is 0 Å². The number of rotatable bonds is 20. The fraction of sp³-hybridized carbons (Fsp3) is 0.441. The van der Waals surface area contributed by atoms with Gasteiger partial charge in [0.1, 0.15) is 30.6 Å². The number of nitrogens with one attached hydrogen (secondary N) is 5. The van der Waals surface area contributed by atoms with Crippen LogP contribution in [-0.4, -0.2) is 72.7 Å². The third kappa shape index (κ3) is 15.3. The zero-order valence-electron chi connectivity index (χ0n) is 29.9. The summed E-state index contributed by atoms with van der Waals surface area (Å²) in [5.74, 6) is -2.74. The zero-order chi connectivity index (χ0) is 38.8. The Balaban J connectivity index is 2.24. The third-order valence-corrected chi connectivity index (χ3v) is 7.67. The number of benzene rings is 2. The van der Waals surface area contributed by atoms with Gasteiger partial charge in [-0.25, -0.2) is 0 Å². The summed E-state index contributed by atoms with van der Waals surface area (Å²) in [5.41, 5.74) is 34.8. The number of oxime groups is 1. The number of hydrogen-bond donors (Lipinski definition) is 11. The number of nitrogens with zero attached hydrogens (tertiary/aromatic N) is 2. The fourth-order valence-corrected chi connectivity index (χ4v) is 4.84. The second-order valence-corrected chi connectivity index (χ2v) is 13.1. The maximum absolute atomic E-state index is 13.8. The Labute approximate surface area is 303 Å². The molecular formula is C34H53N13O5. The Morgan fingerprint density at radius 1 is 0.769 bits per heavy atom. The van der Waals surface area contributed by atoms with E-state index in [1.54, 1.807) is 57.2 Å². The van der Waals surface area contributed by atoms with E-state index in [0.29, 0.717) is 18.5 Å².